The summed E-state index contributed by atoms with van der Waals surface area (Å²) in [5.74, 6) is 2.42. The van der Waals surface area contributed by atoms with Gasteiger partial charge in [-0.1, -0.05) is 27.1 Å². The van der Waals surface area contributed by atoms with Gasteiger partial charge >= 0.3 is 0 Å². The Hall–Kier alpha value is 15.1. The molecule has 34 heavy (non-hydrogen) atoms. The molecule has 0 rings (SSSR count). The Bertz CT molecular complexity index is 321. The minimum Gasteiger partial charge on any atom is -0.365 e. The van der Waals surface area contributed by atoms with Gasteiger partial charge in [-0.2, -0.15) is 12.8 Å². The van der Waals surface area contributed by atoms with Crippen LogP contribution in [0.2, 0.25) is 0 Å². The molecule has 11 radical (unpaired) electrons. The third-order valence-electron chi connectivity index (χ3n) is 1.61. The molecule has 2 unspecified atom stereocenters. The SMILES string of the molecule is C=[PH](C[PH](=C)OCCC)CP(=C)(C)C.[CH2-]CC.[CH2-]CC.[W].[W].[W].[Y].[Y].[Y].[Y].[Y].[Y].[Y].[Y].[Y].[Y].[Y]. The zero-order chi connectivity index (χ0) is 16.6. The van der Waals surface area contributed by atoms with E-state index in [0.29, 0.717) is 0 Å². The molecule has 0 N–H and O–H groups in total. The summed E-state index contributed by atoms with van der Waals surface area (Å²) >= 11 is 0. The molecule has 0 saturated heterocycles. The van der Waals surface area contributed by atoms with Crippen LogP contribution in [0.15, 0.2) is 0 Å². The van der Waals surface area contributed by atoms with E-state index in [1.807, 2.05) is 13.8 Å². The fraction of sp³-hybridized carbons (Fsp3) is 0.688. The molecule has 0 fully saturated rings. The first kappa shape index (κ1) is 110. The molecule has 0 aromatic heterocycles. The van der Waals surface area contributed by atoms with Crippen molar-refractivity contribution in [3.63, 3.8) is 0 Å². The minimum absolute atomic E-state index is 0. The van der Waals surface area contributed by atoms with Gasteiger partial charge in [-0.25, -0.2) is 0 Å². The monoisotopic (exact) mass is 1870 g/mol. The maximum absolute atomic E-state index is 5.64. The van der Waals surface area contributed by atoms with Crippen LogP contribution in [0, 0.1) is 13.8 Å². The van der Waals surface area contributed by atoms with Gasteiger partial charge < -0.3 is 18.4 Å². The van der Waals surface area contributed by atoms with E-state index >= 15 is 0 Å². The Labute approximate surface area is 538 Å². The van der Waals surface area contributed by atoms with Gasteiger partial charge in [0.1, 0.15) is 0 Å². The molecule has 0 aromatic rings. The van der Waals surface area contributed by atoms with Gasteiger partial charge in [-0.05, 0) is 33.4 Å². The zero-order valence-corrected chi connectivity index (χ0v) is 65.1. The Morgan fingerprint density at radius 3 is 1.09 bits per heavy atom. The largest absolute Gasteiger partial charge is 0.365 e. The third kappa shape index (κ3) is 127. The molecule has 1 nitrogen and oxygen atoms in total. The van der Waals surface area contributed by atoms with Gasteiger partial charge in [-0.3, -0.25) is 0 Å². The van der Waals surface area contributed by atoms with E-state index in [0.717, 1.165) is 31.8 Å². The topological polar surface area (TPSA) is 9.23 Å². The Kier molecular flexibility index (Phi) is 298. The van der Waals surface area contributed by atoms with E-state index in [2.05, 4.69) is 53.0 Å². The Balaban J connectivity index is -0.00000000883. The first-order chi connectivity index (χ1) is 9.18. The molecule has 2 atom stereocenters. The molecule has 177 valence electrons. The van der Waals surface area contributed by atoms with E-state index in [-0.39, 0.29) is 423 Å². The first-order valence-corrected chi connectivity index (χ1v) is 14.4. The molecular formula is C16H39OP3W3Y11-2. The van der Waals surface area contributed by atoms with Crippen molar-refractivity contribution in [2.75, 3.05) is 31.7 Å². The van der Waals surface area contributed by atoms with Crippen molar-refractivity contribution < 1.29 is 428 Å². The van der Waals surface area contributed by atoms with Crippen molar-refractivity contribution in [1.29, 1.82) is 0 Å². The van der Waals surface area contributed by atoms with Crippen LogP contribution in [0.1, 0.15) is 40.0 Å². The Morgan fingerprint density at radius 1 is 0.676 bits per heavy atom. The maximum Gasteiger partial charge on any atom is 0.0501 e. The number of hydrogen-bond donors (Lipinski definition) is 0. The first-order valence-electron chi connectivity index (χ1n) is 7.41. The number of rotatable bonds is 7. The summed E-state index contributed by atoms with van der Waals surface area (Å²) in [5.41, 5.74) is 0. The predicted octanol–water partition coefficient (Wildman–Crippen LogP) is 5.67. The second-order valence-corrected chi connectivity index (χ2v) is 14.8. The molecule has 0 aromatic carbocycles. The van der Waals surface area contributed by atoms with E-state index in [1.54, 1.807) is 0 Å². The van der Waals surface area contributed by atoms with Gasteiger partial charge in [-0.15, -0.1) is 27.0 Å². The molecule has 0 aliphatic rings. The van der Waals surface area contributed by atoms with Crippen LogP contribution < -0.4 is 0 Å². The third-order valence-corrected chi connectivity index (χ3v) is 11.0. The fourth-order valence-electron chi connectivity index (χ4n) is 1.24. The van der Waals surface area contributed by atoms with Gasteiger partial charge in [0.25, 0.3) is 0 Å². The van der Waals surface area contributed by atoms with Crippen LogP contribution >= 0.6 is 22.2 Å². The minimum atomic E-state index is -0.888. The average Bonchev–Trinajstić information content (AvgIpc) is 2.25. The predicted molar refractivity (Wildman–Crippen MR) is 114 cm³/mol. The van der Waals surface area contributed by atoms with Crippen molar-refractivity contribution >= 4 is 41.1 Å². The van der Waals surface area contributed by atoms with E-state index in [4.69, 9.17) is 4.52 Å². The second-order valence-electron chi connectivity index (χ2n) is 5.41. The summed E-state index contributed by atoms with van der Waals surface area (Å²) in [5, 5.41) is 0. The summed E-state index contributed by atoms with van der Waals surface area (Å²) in [4.78, 5) is 0. The maximum atomic E-state index is 5.64. The van der Waals surface area contributed by atoms with Crippen LogP contribution in [-0.4, -0.2) is 50.6 Å². The van der Waals surface area contributed by atoms with Crippen LogP contribution in [0.25, 0.3) is 0 Å². The molecule has 0 heterocycles. The molecular weight excluding hydrogens is 1830 g/mol. The second kappa shape index (κ2) is 91.8. The van der Waals surface area contributed by atoms with E-state index in [9.17, 15) is 0 Å². The number of hydrogen-bond acceptors (Lipinski definition) is 1. The molecule has 0 saturated carbocycles. The van der Waals surface area contributed by atoms with Gasteiger partial charge in [0.2, 0.25) is 0 Å². The summed E-state index contributed by atoms with van der Waals surface area (Å²) in [7, 11) is -1.28. The summed E-state index contributed by atoms with van der Waals surface area (Å²) < 4.78 is 5.64. The molecule has 18 heteroatoms. The smallest absolute Gasteiger partial charge is 0.0501 e. The van der Waals surface area contributed by atoms with Gasteiger partial charge in [0.15, 0.2) is 0 Å². The van der Waals surface area contributed by atoms with E-state index < -0.39 is 22.2 Å². The molecule has 0 aliphatic carbocycles. The Morgan fingerprint density at radius 2 is 0.912 bits per heavy atom. The zero-order valence-electron chi connectivity index (χ0n) is 22.2. The van der Waals surface area contributed by atoms with Gasteiger partial charge in [0, 0.05) is 429 Å². The molecule has 0 bridgehead atoms. The van der Waals surface area contributed by atoms with Crippen LogP contribution in [0.5, 0.6) is 0 Å². The fourth-order valence-corrected chi connectivity index (χ4v) is 10.7. The molecule has 0 amide bonds. The van der Waals surface area contributed by atoms with Crippen LogP contribution in [0.4, 0.5) is 0 Å². The van der Waals surface area contributed by atoms with Crippen molar-refractivity contribution in [1.82, 2.24) is 0 Å². The average molecular weight is 1870 g/mol. The van der Waals surface area contributed by atoms with Crippen molar-refractivity contribution in [3.8, 4) is 0 Å². The van der Waals surface area contributed by atoms with Crippen molar-refractivity contribution in [2.24, 2.45) is 0 Å². The standard InChI is InChI=1S/C10H25OP3.2C3H7.3W.11Y/c1-7-8-11-13(3)9-12(2)10-14(4,5)6;2*1-3-2;;;;;;;;;;;;;;/h12-13H,2-4,7-10H2,1,5-6H3;2*1,3H2,2H3;;;;;;;;;;;;;;/q;2*-1;;;;;;;;;;;;;;. The quantitative estimate of drug-likeness (QED) is 0.236. The van der Waals surface area contributed by atoms with Gasteiger partial charge in [0.05, 0.1) is 6.61 Å². The summed E-state index contributed by atoms with van der Waals surface area (Å²) in [6, 6.07) is 0. The van der Waals surface area contributed by atoms with Crippen LogP contribution in [-0.2, 0) is 428 Å². The molecule has 0 spiro atoms. The van der Waals surface area contributed by atoms with Crippen molar-refractivity contribution in [2.45, 2.75) is 40.0 Å². The summed E-state index contributed by atoms with van der Waals surface area (Å²) in [6.45, 7) is 17.7. The summed E-state index contributed by atoms with van der Waals surface area (Å²) in [6.07, 6.45) is 15.7. The normalized spacial score (nSPS) is 7.85. The molecule has 0 aliphatic heterocycles. The van der Waals surface area contributed by atoms with Crippen molar-refractivity contribution in [3.05, 3.63) is 13.8 Å². The van der Waals surface area contributed by atoms with Crippen LogP contribution in [0.3, 0.4) is 0 Å². The van der Waals surface area contributed by atoms with E-state index in [1.165, 1.54) is 5.90 Å².